The molecule has 9 heteroatoms. The van der Waals surface area contributed by atoms with Crippen LogP contribution in [0.25, 0.3) is 6.08 Å². The SMILES string of the molecule is C=Cc1cn([C@H]2C[C@H](OC(C)=O)[C@@H](COC(C)=O)O2)c(=O)[nH]c1=O. The molecule has 0 unspecified atom stereocenters. The number of aromatic amines is 1. The maximum atomic E-state index is 12.0. The van der Waals surface area contributed by atoms with Gasteiger partial charge in [-0.3, -0.25) is 23.9 Å². The number of nitrogens with one attached hydrogen (secondary N) is 1. The third-order valence-corrected chi connectivity index (χ3v) is 3.47. The Labute approximate surface area is 136 Å². The molecule has 0 spiro atoms. The van der Waals surface area contributed by atoms with Gasteiger partial charge in [-0.15, -0.1) is 0 Å². The van der Waals surface area contributed by atoms with Crippen molar-refractivity contribution in [3.63, 3.8) is 0 Å². The van der Waals surface area contributed by atoms with Gasteiger partial charge in [-0.2, -0.15) is 0 Å². The molecule has 0 aliphatic carbocycles. The molecule has 2 rings (SSSR count). The fraction of sp³-hybridized carbons (Fsp3) is 0.467. The summed E-state index contributed by atoms with van der Waals surface area (Å²) in [6.45, 7) is 5.88. The molecule has 0 radical (unpaired) electrons. The summed E-state index contributed by atoms with van der Waals surface area (Å²) in [5, 5.41) is 0. The average Bonchev–Trinajstić information content (AvgIpc) is 2.87. The first-order chi connectivity index (χ1) is 11.3. The van der Waals surface area contributed by atoms with Crippen LogP contribution in [0.15, 0.2) is 22.4 Å². The van der Waals surface area contributed by atoms with Gasteiger partial charge in [0.1, 0.15) is 25.0 Å². The number of rotatable bonds is 5. The molecular formula is C15H18N2O7. The Bertz CT molecular complexity index is 764. The van der Waals surface area contributed by atoms with Crippen molar-refractivity contribution in [2.45, 2.75) is 38.7 Å². The van der Waals surface area contributed by atoms with E-state index in [-0.39, 0.29) is 18.6 Å². The zero-order valence-corrected chi connectivity index (χ0v) is 13.3. The zero-order valence-electron chi connectivity index (χ0n) is 13.3. The lowest BCUT2D eigenvalue weighted by atomic mass is 10.2. The third-order valence-electron chi connectivity index (χ3n) is 3.47. The molecule has 0 saturated carbocycles. The second kappa shape index (κ2) is 7.26. The van der Waals surface area contributed by atoms with E-state index in [1.54, 1.807) is 0 Å². The number of hydrogen-bond donors (Lipinski definition) is 1. The molecule has 1 aliphatic rings. The highest BCUT2D eigenvalue weighted by atomic mass is 16.6. The van der Waals surface area contributed by atoms with Crippen LogP contribution in [0.5, 0.6) is 0 Å². The van der Waals surface area contributed by atoms with Gasteiger partial charge in [0, 0.05) is 26.5 Å². The van der Waals surface area contributed by atoms with Crippen LogP contribution in [-0.4, -0.2) is 40.3 Å². The molecule has 1 N–H and O–H groups in total. The average molecular weight is 338 g/mol. The standard InChI is InChI=1S/C15H18N2O7/c1-4-10-6-17(15(21)16-14(10)20)13-5-11(23-9(3)19)12(24-13)7-22-8(2)18/h4,6,11-13H,1,5,7H2,2-3H3,(H,16,20,21)/t11-,12+,13+/m0/s1. The molecular weight excluding hydrogens is 320 g/mol. The number of H-pyrrole nitrogens is 1. The largest absolute Gasteiger partial charge is 0.463 e. The normalized spacial score (nSPS) is 22.8. The van der Waals surface area contributed by atoms with E-state index in [9.17, 15) is 19.2 Å². The minimum Gasteiger partial charge on any atom is -0.463 e. The Balaban J connectivity index is 2.27. The van der Waals surface area contributed by atoms with Crippen molar-refractivity contribution in [2.24, 2.45) is 0 Å². The number of carbonyl (C=O) groups excluding carboxylic acids is 2. The van der Waals surface area contributed by atoms with E-state index >= 15 is 0 Å². The summed E-state index contributed by atoms with van der Waals surface area (Å²) in [4.78, 5) is 47.9. The van der Waals surface area contributed by atoms with Crippen molar-refractivity contribution >= 4 is 18.0 Å². The van der Waals surface area contributed by atoms with E-state index in [0.29, 0.717) is 0 Å². The van der Waals surface area contributed by atoms with Crippen LogP contribution >= 0.6 is 0 Å². The van der Waals surface area contributed by atoms with Gasteiger partial charge < -0.3 is 14.2 Å². The maximum absolute atomic E-state index is 12.0. The molecule has 130 valence electrons. The summed E-state index contributed by atoms with van der Waals surface area (Å²) < 4.78 is 16.9. The smallest absolute Gasteiger partial charge is 0.330 e. The molecule has 1 aliphatic heterocycles. The number of hydrogen-bond acceptors (Lipinski definition) is 7. The van der Waals surface area contributed by atoms with Crippen LogP contribution in [0.3, 0.4) is 0 Å². The maximum Gasteiger partial charge on any atom is 0.330 e. The summed E-state index contributed by atoms with van der Waals surface area (Å²) in [6.07, 6.45) is 0.625. The van der Waals surface area contributed by atoms with Crippen molar-refractivity contribution < 1.29 is 23.8 Å². The van der Waals surface area contributed by atoms with Crippen molar-refractivity contribution in [3.05, 3.63) is 39.2 Å². The fourth-order valence-corrected chi connectivity index (χ4v) is 2.42. The minimum absolute atomic E-state index is 0.115. The van der Waals surface area contributed by atoms with Crippen LogP contribution < -0.4 is 11.2 Å². The van der Waals surface area contributed by atoms with E-state index < -0.39 is 41.6 Å². The Hall–Kier alpha value is -2.68. The Kier molecular flexibility index (Phi) is 5.35. The molecule has 1 saturated heterocycles. The van der Waals surface area contributed by atoms with Gasteiger partial charge in [-0.1, -0.05) is 12.7 Å². The minimum atomic E-state index is -0.780. The van der Waals surface area contributed by atoms with E-state index in [2.05, 4.69) is 11.6 Å². The molecule has 9 nitrogen and oxygen atoms in total. The Morgan fingerprint density at radius 2 is 2.12 bits per heavy atom. The molecule has 1 aromatic rings. The van der Waals surface area contributed by atoms with E-state index in [1.165, 1.54) is 30.7 Å². The van der Waals surface area contributed by atoms with Crippen molar-refractivity contribution in [1.82, 2.24) is 9.55 Å². The molecule has 2 heterocycles. The highest BCUT2D eigenvalue weighted by Crippen LogP contribution is 2.30. The Morgan fingerprint density at radius 1 is 1.42 bits per heavy atom. The first-order valence-electron chi connectivity index (χ1n) is 7.25. The molecule has 3 atom stereocenters. The lowest BCUT2D eigenvalue weighted by Crippen LogP contribution is -2.33. The van der Waals surface area contributed by atoms with Crippen molar-refractivity contribution in [2.75, 3.05) is 6.61 Å². The number of ether oxygens (including phenoxy) is 3. The van der Waals surface area contributed by atoms with Gasteiger partial charge in [0.2, 0.25) is 0 Å². The molecule has 1 fully saturated rings. The van der Waals surface area contributed by atoms with Gasteiger partial charge in [0.25, 0.3) is 5.56 Å². The molecule has 1 aromatic heterocycles. The molecule has 0 aromatic carbocycles. The first-order valence-corrected chi connectivity index (χ1v) is 7.25. The number of esters is 2. The van der Waals surface area contributed by atoms with Gasteiger partial charge in [0.15, 0.2) is 0 Å². The van der Waals surface area contributed by atoms with Crippen LogP contribution in [0.2, 0.25) is 0 Å². The van der Waals surface area contributed by atoms with Crippen LogP contribution in [0, 0.1) is 0 Å². The van der Waals surface area contributed by atoms with E-state index in [0.717, 1.165) is 0 Å². The topological polar surface area (TPSA) is 117 Å². The summed E-state index contributed by atoms with van der Waals surface area (Å²) in [6, 6.07) is 0. The molecule has 0 bridgehead atoms. The van der Waals surface area contributed by atoms with Crippen molar-refractivity contribution in [1.29, 1.82) is 0 Å². The van der Waals surface area contributed by atoms with Crippen LogP contribution in [0.4, 0.5) is 0 Å². The van der Waals surface area contributed by atoms with Gasteiger partial charge in [0.05, 0.1) is 5.56 Å². The summed E-state index contributed by atoms with van der Waals surface area (Å²) >= 11 is 0. The predicted octanol–water partition coefficient (Wildman–Crippen LogP) is -0.0381. The van der Waals surface area contributed by atoms with Crippen LogP contribution in [0.1, 0.15) is 32.1 Å². The van der Waals surface area contributed by atoms with Gasteiger partial charge >= 0.3 is 17.6 Å². The highest BCUT2D eigenvalue weighted by Gasteiger charge is 2.39. The van der Waals surface area contributed by atoms with Gasteiger partial charge in [-0.05, 0) is 0 Å². The second-order valence-electron chi connectivity index (χ2n) is 5.27. The first kappa shape index (κ1) is 17.7. The number of nitrogens with zero attached hydrogens (tertiary/aromatic N) is 1. The van der Waals surface area contributed by atoms with Crippen LogP contribution in [-0.2, 0) is 23.8 Å². The molecule has 24 heavy (non-hydrogen) atoms. The van der Waals surface area contributed by atoms with E-state index in [4.69, 9.17) is 14.2 Å². The zero-order chi connectivity index (χ0) is 17.9. The fourth-order valence-electron chi connectivity index (χ4n) is 2.42. The third kappa shape index (κ3) is 3.99. The summed E-state index contributed by atoms with van der Waals surface area (Å²) in [7, 11) is 0. The Morgan fingerprint density at radius 3 is 2.71 bits per heavy atom. The monoisotopic (exact) mass is 338 g/mol. The summed E-state index contributed by atoms with van der Waals surface area (Å²) in [5.41, 5.74) is -1.02. The summed E-state index contributed by atoms with van der Waals surface area (Å²) in [5.74, 6) is -1.02. The highest BCUT2D eigenvalue weighted by molar-refractivity contribution is 5.66. The van der Waals surface area contributed by atoms with Gasteiger partial charge in [-0.25, -0.2) is 4.79 Å². The van der Waals surface area contributed by atoms with E-state index in [1.807, 2.05) is 0 Å². The quantitative estimate of drug-likeness (QED) is 0.749. The number of aromatic nitrogens is 2. The predicted molar refractivity (Wildman–Crippen MR) is 82.1 cm³/mol. The molecule has 0 amide bonds. The van der Waals surface area contributed by atoms with Crippen molar-refractivity contribution in [3.8, 4) is 0 Å². The lowest BCUT2D eigenvalue weighted by Gasteiger charge is -2.17. The second-order valence-corrected chi connectivity index (χ2v) is 5.27. The lowest BCUT2D eigenvalue weighted by molar-refractivity contribution is -0.155. The number of carbonyl (C=O) groups is 2.